The van der Waals surface area contributed by atoms with Crippen molar-refractivity contribution in [2.24, 2.45) is 0 Å². The highest BCUT2D eigenvalue weighted by molar-refractivity contribution is 7.89. The molecule has 0 radical (unpaired) electrons. The third-order valence-electron chi connectivity index (χ3n) is 4.30. The van der Waals surface area contributed by atoms with E-state index in [-0.39, 0.29) is 24.0 Å². The lowest BCUT2D eigenvalue weighted by Crippen LogP contribution is -2.38. The van der Waals surface area contributed by atoms with Gasteiger partial charge in [0, 0.05) is 34.3 Å². The molecule has 1 aromatic heterocycles. The van der Waals surface area contributed by atoms with Crippen molar-refractivity contribution < 1.29 is 18.3 Å². The van der Waals surface area contributed by atoms with Crippen molar-refractivity contribution in [3.63, 3.8) is 0 Å². The summed E-state index contributed by atoms with van der Waals surface area (Å²) in [6.45, 7) is 0.385. The van der Waals surface area contributed by atoms with Gasteiger partial charge in [-0.25, -0.2) is 8.42 Å². The molecule has 2 N–H and O–H groups in total. The van der Waals surface area contributed by atoms with Gasteiger partial charge in [0.15, 0.2) is 0 Å². The van der Waals surface area contributed by atoms with Crippen molar-refractivity contribution in [2.75, 3.05) is 45.7 Å². The molecule has 0 aliphatic rings. The van der Waals surface area contributed by atoms with E-state index in [4.69, 9.17) is 5.11 Å². The molecule has 0 aliphatic carbocycles. The molecule has 0 bridgehead atoms. The average Bonchev–Trinajstić information content (AvgIpc) is 3.12. The second-order valence-corrected chi connectivity index (χ2v) is 9.23. The quantitative estimate of drug-likeness (QED) is 0.513. The summed E-state index contributed by atoms with van der Waals surface area (Å²) in [5.41, 5.74) is 1.62. The number of hydrogen-bond donors (Lipinski definition) is 2. The maximum atomic E-state index is 13.0. The zero-order chi connectivity index (χ0) is 20.7. The van der Waals surface area contributed by atoms with Gasteiger partial charge in [-0.05, 0) is 25.0 Å². The Kier molecular flexibility index (Phi) is 8.10. The summed E-state index contributed by atoms with van der Waals surface area (Å²) in [7, 11) is 1.19. The van der Waals surface area contributed by atoms with Crippen LogP contribution in [0.5, 0.6) is 0 Å². The number of fused-ring (bicyclic) bond motifs is 1. The standard InChI is InChI=1S/C17H27N5O4S2/c1-21(2)13-8-9-14(17-16(13)19-27-20-17)28(25,26)22(3)12-15(24)18-10-6-4-5-7-11-23/h8-9,23H,4-7,10-12H2,1-3H3,(H,18,24). The molecule has 1 amide bonds. The van der Waals surface area contributed by atoms with Crippen LogP contribution in [0.1, 0.15) is 25.7 Å². The highest BCUT2D eigenvalue weighted by Gasteiger charge is 2.27. The lowest BCUT2D eigenvalue weighted by Gasteiger charge is -2.18. The molecule has 1 aromatic carbocycles. The van der Waals surface area contributed by atoms with Gasteiger partial charge in [0.1, 0.15) is 15.9 Å². The van der Waals surface area contributed by atoms with Crippen LogP contribution in [-0.4, -0.2) is 73.3 Å². The van der Waals surface area contributed by atoms with Crippen LogP contribution in [0.3, 0.4) is 0 Å². The SMILES string of the molecule is CN(C)c1ccc(S(=O)(=O)N(C)CC(=O)NCCCCCCO)c2nsnc12. The van der Waals surface area contributed by atoms with Crippen molar-refractivity contribution in [1.29, 1.82) is 0 Å². The second-order valence-electron chi connectivity index (χ2n) is 6.69. The maximum absolute atomic E-state index is 13.0. The Labute approximate surface area is 169 Å². The molecule has 0 saturated carbocycles. The number of anilines is 1. The van der Waals surface area contributed by atoms with E-state index < -0.39 is 10.0 Å². The number of hydrogen-bond acceptors (Lipinski definition) is 8. The normalized spacial score (nSPS) is 11.9. The largest absolute Gasteiger partial charge is 0.396 e. The third kappa shape index (κ3) is 5.37. The fraction of sp³-hybridized carbons (Fsp3) is 0.588. The number of likely N-dealkylation sites (N-methyl/N-ethyl adjacent to an activating group) is 1. The minimum atomic E-state index is -3.89. The number of sulfonamides is 1. The Morgan fingerprint density at radius 1 is 1.11 bits per heavy atom. The summed E-state index contributed by atoms with van der Waals surface area (Å²) in [5, 5.41) is 11.5. The van der Waals surface area contributed by atoms with Gasteiger partial charge in [-0.15, -0.1) is 0 Å². The minimum Gasteiger partial charge on any atom is -0.396 e. The van der Waals surface area contributed by atoms with Crippen LogP contribution < -0.4 is 10.2 Å². The van der Waals surface area contributed by atoms with Gasteiger partial charge in [0.25, 0.3) is 0 Å². The molecule has 0 fully saturated rings. The van der Waals surface area contributed by atoms with Gasteiger partial charge in [0.2, 0.25) is 15.9 Å². The first kappa shape index (κ1) is 22.5. The molecule has 0 saturated heterocycles. The highest BCUT2D eigenvalue weighted by Crippen LogP contribution is 2.30. The van der Waals surface area contributed by atoms with Crippen LogP contribution in [0.2, 0.25) is 0 Å². The number of rotatable bonds is 11. The number of unbranched alkanes of at least 4 members (excludes halogenated alkanes) is 3. The fourth-order valence-corrected chi connectivity index (χ4v) is 4.61. The molecule has 9 nitrogen and oxygen atoms in total. The molecule has 0 atom stereocenters. The van der Waals surface area contributed by atoms with E-state index in [0.717, 1.165) is 47.4 Å². The van der Waals surface area contributed by atoms with E-state index in [2.05, 4.69) is 14.1 Å². The van der Waals surface area contributed by atoms with Gasteiger partial charge < -0.3 is 15.3 Å². The Morgan fingerprint density at radius 3 is 2.46 bits per heavy atom. The Hall–Kier alpha value is -1.82. The van der Waals surface area contributed by atoms with Crippen LogP contribution in [0.25, 0.3) is 11.0 Å². The molecule has 2 rings (SSSR count). The van der Waals surface area contributed by atoms with Crippen LogP contribution in [0.4, 0.5) is 5.69 Å². The molecule has 0 aliphatic heterocycles. The van der Waals surface area contributed by atoms with E-state index >= 15 is 0 Å². The van der Waals surface area contributed by atoms with Crippen molar-refractivity contribution >= 4 is 44.4 Å². The summed E-state index contributed by atoms with van der Waals surface area (Å²) >= 11 is 0.955. The highest BCUT2D eigenvalue weighted by atomic mass is 32.2. The predicted molar refractivity (Wildman–Crippen MR) is 110 cm³/mol. The van der Waals surface area contributed by atoms with Crippen LogP contribution in [0, 0.1) is 0 Å². The van der Waals surface area contributed by atoms with Gasteiger partial charge >= 0.3 is 0 Å². The van der Waals surface area contributed by atoms with E-state index in [0.29, 0.717) is 17.6 Å². The molecule has 28 heavy (non-hydrogen) atoms. The number of nitrogens with zero attached hydrogens (tertiary/aromatic N) is 4. The Balaban J connectivity index is 2.04. The van der Waals surface area contributed by atoms with Gasteiger partial charge in [-0.2, -0.15) is 13.1 Å². The number of aromatic nitrogens is 2. The van der Waals surface area contributed by atoms with E-state index in [1.54, 1.807) is 6.07 Å². The zero-order valence-corrected chi connectivity index (χ0v) is 18.0. The molecular formula is C17H27N5O4S2. The molecule has 2 aromatic rings. The Morgan fingerprint density at radius 2 is 1.79 bits per heavy atom. The monoisotopic (exact) mass is 429 g/mol. The molecule has 156 valence electrons. The number of nitrogens with one attached hydrogen (secondary N) is 1. The van der Waals surface area contributed by atoms with Crippen LogP contribution >= 0.6 is 11.7 Å². The average molecular weight is 430 g/mol. The summed E-state index contributed by atoms with van der Waals surface area (Å²) < 4.78 is 35.3. The minimum absolute atomic E-state index is 0.0427. The molecule has 1 heterocycles. The number of aliphatic hydroxyl groups excluding tert-OH is 1. The molecule has 0 spiro atoms. The zero-order valence-electron chi connectivity index (χ0n) is 16.4. The van der Waals surface area contributed by atoms with Crippen molar-refractivity contribution in [2.45, 2.75) is 30.6 Å². The summed E-state index contributed by atoms with van der Waals surface area (Å²) in [6.07, 6.45) is 3.35. The molecule has 11 heteroatoms. The first-order valence-corrected chi connectivity index (χ1v) is 11.2. The fourth-order valence-electron chi connectivity index (χ4n) is 2.73. The summed E-state index contributed by atoms with van der Waals surface area (Å²) in [4.78, 5) is 14.0. The van der Waals surface area contributed by atoms with Crippen molar-refractivity contribution in [3.8, 4) is 0 Å². The lowest BCUT2D eigenvalue weighted by molar-refractivity contribution is -0.121. The number of carbonyl (C=O) groups is 1. The first-order chi connectivity index (χ1) is 13.3. The molecular weight excluding hydrogens is 402 g/mol. The second kappa shape index (κ2) is 10.1. The number of carbonyl (C=O) groups excluding carboxylic acids is 1. The van der Waals surface area contributed by atoms with Crippen LogP contribution in [-0.2, 0) is 14.8 Å². The third-order valence-corrected chi connectivity index (χ3v) is 6.66. The lowest BCUT2D eigenvalue weighted by atomic mass is 10.2. The van der Waals surface area contributed by atoms with Gasteiger partial charge in [-0.3, -0.25) is 4.79 Å². The number of amides is 1. The van der Waals surface area contributed by atoms with E-state index in [1.165, 1.54) is 13.1 Å². The smallest absolute Gasteiger partial charge is 0.245 e. The number of aliphatic hydroxyl groups is 1. The summed E-state index contributed by atoms with van der Waals surface area (Å²) in [5.74, 6) is -0.356. The Bertz CT molecular complexity index is 898. The van der Waals surface area contributed by atoms with Gasteiger partial charge in [0.05, 0.1) is 24.0 Å². The van der Waals surface area contributed by atoms with E-state index in [9.17, 15) is 13.2 Å². The maximum Gasteiger partial charge on any atom is 0.245 e. The first-order valence-electron chi connectivity index (χ1n) is 9.05. The number of benzene rings is 1. The van der Waals surface area contributed by atoms with E-state index in [1.807, 2.05) is 19.0 Å². The van der Waals surface area contributed by atoms with Crippen molar-refractivity contribution in [3.05, 3.63) is 12.1 Å². The van der Waals surface area contributed by atoms with Crippen molar-refractivity contribution in [1.82, 2.24) is 18.4 Å². The summed E-state index contributed by atoms with van der Waals surface area (Å²) in [6, 6.07) is 3.20. The van der Waals surface area contributed by atoms with Crippen LogP contribution in [0.15, 0.2) is 17.0 Å². The molecule has 0 unspecified atom stereocenters. The van der Waals surface area contributed by atoms with Gasteiger partial charge in [-0.1, -0.05) is 12.8 Å². The predicted octanol–water partition coefficient (Wildman–Crippen LogP) is 1.05. The topological polar surface area (TPSA) is 116 Å².